The van der Waals surface area contributed by atoms with Gasteiger partial charge in [0.25, 0.3) is 0 Å². The van der Waals surface area contributed by atoms with Crippen molar-refractivity contribution in [1.29, 1.82) is 0 Å². The molecule has 0 aliphatic heterocycles. The smallest absolute Gasteiger partial charge is 0.00269 e. The maximum atomic E-state index is 2.41. The zero-order valence-corrected chi connectivity index (χ0v) is 23.6. The summed E-state index contributed by atoms with van der Waals surface area (Å²) in [4.78, 5) is 0. The highest BCUT2D eigenvalue weighted by Crippen LogP contribution is 2.42. The fourth-order valence-corrected chi connectivity index (χ4v) is 7.68. The van der Waals surface area contributed by atoms with Crippen LogP contribution < -0.4 is 15.9 Å². The minimum atomic E-state index is -0.717. The molecule has 0 nitrogen and oxygen atoms in total. The minimum absolute atomic E-state index is 0.717. The summed E-state index contributed by atoms with van der Waals surface area (Å²) < 4.78 is 0. The summed E-state index contributed by atoms with van der Waals surface area (Å²) in [7, 11) is -0.717. The lowest BCUT2D eigenvalue weighted by molar-refractivity contribution is 1.16. The molecule has 0 atom stereocenters. The average Bonchev–Trinajstić information content (AvgIpc) is 2.96. The van der Waals surface area contributed by atoms with Crippen molar-refractivity contribution in [2.24, 2.45) is 0 Å². The zero-order chi connectivity index (χ0) is 26.0. The van der Waals surface area contributed by atoms with Crippen LogP contribution in [-0.2, 0) is 0 Å². The quantitative estimate of drug-likeness (QED) is 0.189. The van der Waals surface area contributed by atoms with Crippen LogP contribution in [0.3, 0.4) is 0 Å². The molecule has 0 radical (unpaired) electrons. The molecule has 0 spiro atoms. The summed E-state index contributed by atoms with van der Waals surface area (Å²) in [6.07, 6.45) is 8.96. The first-order valence-electron chi connectivity index (χ1n) is 13.7. The van der Waals surface area contributed by atoms with Crippen LogP contribution in [0.25, 0.3) is 22.3 Å². The van der Waals surface area contributed by atoms with E-state index in [2.05, 4.69) is 143 Å². The third-order valence-electron chi connectivity index (χ3n) is 6.86. The van der Waals surface area contributed by atoms with E-state index in [1.165, 1.54) is 49.3 Å². The molecule has 0 fully saturated rings. The molecular formula is C36H39P. The molecule has 4 rings (SSSR count). The van der Waals surface area contributed by atoms with E-state index >= 15 is 0 Å². The second kappa shape index (κ2) is 13.4. The van der Waals surface area contributed by atoms with Gasteiger partial charge in [-0.25, -0.2) is 0 Å². The molecule has 0 aliphatic rings. The zero-order valence-electron chi connectivity index (χ0n) is 22.7. The Bertz CT molecular complexity index is 1270. The van der Waals surface area contributed by atoms with E-state index < -0.39 is 7.92 Å². The van der Waals surface area contributed by atoms with E-state index in [4.69, 9.17) is 0 Å². The van der Waals surface area contributed by atoms with Crippen molar-refractivity contribution in [2.75, 3.05) is 0 Å². The Morgan fingerprint density at radius 2 is 1.00 bits per heavy atom. The molecule has 1 heteroatoms. The number of benzene rings is 4. The van der Waals surface area contributed by atoms with E-state index in [9.17, 15) is 0 Å². The molecule has 4 aromatic carbocycles. The van der Waals surface area contributed by atoms with Gasteiger partial charge in [0, 0.05) is 0 Å². The average molecular weight is 503 g/mol. The van der Waals surface area contributed by atoms with E-state index in [0.29, 0.717) is 0 Å². The lowest BCUT2D eigenvalue weighted by Crippen LogP contribution is -2.22. The first-order chi connectivity index (χ1) is 18.2. The summed E-state index contributed by atoms with van der Waals surface area (Å²) in [5.41, 5.74) is 8.37. The molecule has 0 heterocycles. The van der Waals surface area contributed by atoms with Gasteiger partial charge in [-0.3, -0.25) is 0 Å². The van der Waals surface area contributed by atoms with Crippen molar-refractivity contribution in [2.45, 2.75) is 53.4 Å². The van der Waals surface area contributed by atoms with E-state index in [-0.39, 0.29) is 0 Å². The molecule has 0 aliphatic carbocycles. The molecule has 37 heavy (non-hydrogen) atoms. The standard InChI is InChI=1S/C36H39P/c1-5-18-28(7-3)32-25-17-26-33(29(8-4)19-6-2)36(32)34-24-15-16-27-35(34)37(30-20-11-9-12-21-30)31-22-13-10-14-23-31/h9-27H,5-8H2,1-4H3/b28-18+,29-19+. The maximum Gasteiger partial charge on any atom is -0.00269 e. The van der Waals surface area contributed by atoms with Crippen LogP contribution in [0, 0.1) is 0 Å². The summed E-state index contributed by atoms with van der Waals surface area (Å²) in [5, 5.41) is 4.19. The fraction of sp³-hybridized carbons (Fsp3) is 0.222. The Labute approximate surface area is 225 Å². The molecule has 0 bridgehead atoms. The van der Waals surface area contributed by atoms with Crippen molar-refractivity contribution in [3.63, 3.8) is 0 Å². The third kappa shape index (κ3) is 6.03. The predicted molar refractivity (Wildman–Crippen MR) is 168 cm³/mol. The van der Waals surface area contributed by atoms with Crippen LogP contribution in [0.4, 0.5) is 0 Å². The highest BCUT2D eigenvalue weighted by Gasteiger charge is 2.23. The van der Waals surface area contributed by atoms with Gasteiger partial charge in [-0.2, -0.15) is 0 Å². The van der Waals surface area contributed by atoms with Crippen LogP contribution >= 0.6 is 7.92 Å². The Morgan fingerprint density at radius 3 is 1.46 bits per heavy atom. The van der Waals surface area contributed by atoms with Crippen molar-refractivity contribution in [1.82, 2.24) is 0 Å². The van der Waals surface area contributed by atoms with Crippen LogP contribution in [0.15, 0.2) is 115 Å². The van der Waals surface area contributed by atoms with Gasteiger partial charge in [0.15, 0.2) is 0 Å². The van der Waals surface area contributed by atoms with Gasteiger partial charge >= 0.3 is 0 Å². The Hall–Kier alpha value is -3.21. The van der Waals surface area contributed by atoms with Crippen molar-refractivity contribution in [3.05, 3.63) is 126 Å². The molecule has 0 saturated carbocycles. The lowest BCUT2D eigenvalue weighted by atomic mass is 9.85. The maximum absolute atomic E-state index is 2.41. The monoisotopic (exact) mass is 502 g/mol. The largest absolute Gasteiger partial charge is 0.0810 e. The van der Waals surface area contributed by atoms with E-state index in [1.807, 2.05) is 0 Å². The normalized spacial score (nSPS) is 12.2. The molecule has 188 valence electrons. The first-order valence-corrected chi connectivity index (χ1v) is 15.1. The van der Waals surface area contributed by atoms with Gasteiger partial charge < -0.3 is 0 Å². The number of hydrogen-bond donors (Lipinski definition) is 0. The Kier molecular flexibility index (Phi) is 9.70. The van der Waals surface area contributed by atoms with Gasteiger partial charge in [-0.05, 0) is 82.9 Å². The Morgan fingerprint density at radius 1 is 0.541 bits per heavy atom. The van der Waals surface area contributed by atoms with Gasteiger partial charge in [0.2, 0.25) is 0 Å². The summed E-state index contributed by atoms with van der Waals surface area (Å²) in [5.74, 6) is 0. The topological polar surface area (TPSA) is 0 Å². The molecule has 4 aromatic rings. The van der Waals surface area contributed by atoms with Gasteiger partial charge in [-0.1, -0.05) is 143 Å². The first kappa shape index (κ1) is 26.8. The number of hydrogen-bond acceptors (Lipinski definition) is 0. The molecule has 0 saturated heterocycles. The molecule has 0 unspecified atom stereocenters. The summed E-state index contributed by atoms with van der Waals surface area (Å²) >= 11 is 0. The van der Waals surface area contributed by atoms with Crippen LogP contribution in [-0.4, -0.2) is 0 Å². The van der Waals surface area contributed by atoms with Crippen molar-refractivity contribution < 1.29 is 0 Å². The second-order valence-corrected chi connectivity index (χ2v) is 11.4. The summed E-state index contributed by atoms with van der Waals surface area (Å²) in [6, 6.07) is 38.2. The van der Waals surface area contributed by atoms with Crippen molar-refractivity contribution in [3.8, 4) is 11.1 Å². The molecular weight excluding hydrogens is 463 g/mol. The van der Waals surface area contributed by atoms with Crippen LogP contribution in [0.5, 0.6) is 0 Å². The third-order valence-corrected chi connectivity index (χ3v) is 9.36. The van der Waals surface area contributed by atoms with Gasteiger partial charge in [0.05, 0.1) is 0 Å². The van der Waals surface area contributed by atoms with E-state index in [1.54, 1.807) is 0 Å². The van der Waals surface area contributed by atoms with E-state index in [0.717, 1.165) is 25.7 Å². The van der Waals surface area contributed by atoms with Gasteiger partial charge in [-0.15, -0.1) is 0 Å². The SMILES string of the molecule is CC/C=C(\CC)c1cccc(/C(=C/CC)CC)c1-c1ccccc1P(c1ccccc1)c1ccccc1. The van der Waals surface area contributed by atoms with Crippen LogP contribution in [0.2, 0.25) is 0 Å². The molecule has 0 amide bonds. The highest BCUT2D eigenvalue weighted by molar-refractivity contribution is 7.80. The predicted octanol–water partition coefficient (Wildman–Crippen LogP) is 9.52. The van der Waals surface area contributed by atoms with Gasteiger partial charge in [0.1, 0.15) is 0 Å². The summed E-state index contributed by atoms with van der Waals surface area (Å²) in [6.45, 7) is 9.05. The Balaban J connectivity index is 2.08. The fourth-order valence-electron chi connectivity index (χ4n) is 5.22. The highest BCUT2D eigenvalue weighted by atomic mass is 31.1. The van der Waals surface area contributed by atoms with Crippen LogP contribution in [0.1, 0.15) is 64.5 Å². The minimum Gasteiger partial charge on any atom is -0.0810 e. The number of rotatable bonds is 10. The lowest BCUT2D eigenvalue weighted by Gasteiger charge is -2.26. The molecule has 0 N–H and O–H groups in total. The second-order valence-electron chi connectivity index (χ2n) is 9.23. The van der Waals surface area contributed by atoms with Crippen molar-refractivity contribution >= 4 is 35.0 Å². The number of allylic oxidation sites excluding steroid dienone is 4. The molecule has 0 aromatic heterocycles.